The number of aliphatic hydroxyl groups is 1. The van der Waals surface area contributed by atoms with Crippen LogP contribution in [0, 0.1) is 0 Å². The zero-order valence-corrected chi connectivity index (χ0v) is 11.8. The van der Waals surface area contributed by atoms with Crippen molar-refractivity contribution in [1.29, 1.82) is 0 Å². The second kappa shape index (κ2) is 5.68. The molecule has 1 heterocycles. The summed E-state index contributed by atoms with van der Waals surface area (Å²) >= 11 is 0. The van der Waals surface area contributed by atoms with E-state index in [2.05, 4.69) is 4.72 Å². The summed E-state index contributed by atoms with van der Waals surface area (Å²) in [5.74, 6) is 0. The Bertz CT molecular complexity index is 673. The van der Waals surface area contributed by atoms with Crippen LogP contribution in [0.15, 0.2) is 20.7 Å². The number of sulfonamides is 1. The van der Waals surface area contributed by atoms with Gasteiger partial charge in [0.1, 0.15) is 0 Å². The van der Waals surface area contributed by atoms with E-state index in [1.807, 2.05) is 0 Å². The van der Waals surface area contributed by atoms with Gasteiger partial charge in [-0.1, -0.05) is 0 Å². The fourth-order valence-electron chi connectivity index (χ4n) is 1.54. The van der Waals surface area contributed by atoms with Crippen LogP contribution in [-0.4, -0.2) is 35.3 Å². The van der Waals surface area contributed by atoms with Crippen LogP contribution >= 0.6 is 0 Å². The Morgan fingerprint density at radius 1 is 1.37 bits per heavy atom. The van der Waals surface area contributed by atoms with E-state index in [9.17, 15) is 18.0 Å². The van der Waals surface area contributed by atoms with Gasteiger partial charge in [-0.15, -0.1) is 0 Å². The molecular formula is C10H17N3O5S. The molecule has 0 saturated carbocycles. The molecule has 1 aromatic rings. The maximum atomic E-state index is 12.0. The molecule has 0 aliphatic carbocycles. The minimum Gasteiger partial charge on any atom is -0.396 e. The molecule has 1 atom stereocenters. The normalized spacial score (nSPS) is 13.5. The Hall–Kier alpha value is -1.45. The number of nitrogens with zero attached hydrogens (tertiary/aromatic N) is 2. The molecule has 0 bridgehead atoms. The zero-order valence-electron chi connectivity index (χ0n) is 11.0. The van der Waals surface area contributed by atoms with Crippen LogP contribution < -0.4 is 16.0 Å². The Labute approximate surface area is 110 Å². The van der Waals surface area contributed by atoms with Crippen molar-refractivity contribution in [1.82, 2.24) is 13.9 Å². The molecular weight excluding hydrogens is 274 g/mol. The molecule has 19 heavy (non-hydrogen) atoms. The fraction of sp³-hybridized carbons (Fsp3) is 0.600. The summed E-state index contributed by atoms with van der Waals surface area (Å²) in [4.78, 5) is 22.8. The summed E-state index contributed by atoms with van der Waals surface area (Å²) in [6.45, 7) is 1.40. The Kier molecular flexibility index (Phi) is 4.66. The number of hydrogen-bond donors (Lipinski definition) is 2. The molecule has 1 rings (SSSR count). The van der Waals surface area contributed by atoms with Crippen molar-refractivity contribution >= 4 is 10.0 Å². The fourth-order valence-corrected chi connectivity index (χ4v) is 2.98. The van der Waals surface area contributed by atoms with Crippen LogP contribution in [0.5, 0.6) is 0 Å². The van der Waals surface area contributed by atoms with Gasteiger partial charge in [0, 0.05) is 32.9 Å². The largest absolute Gasteiger partial charge is 0.396 e. The van der Waals surface area contributed by atoms with Crippen molar-refractivity contribution in [3.63, 3.8) is 0 Å². The second-order valence-electron chi connectivity index (χ2n) is 4.29. The Balaban J connectivity index is 3.31. The third kappa shape index (κ3) is 3.31. The highest BCUT2D eigenvalue weighted by Gasteiger charge is 2.23. The summed E-state index contributed by atoms with van der Waals surface area (Å²) in [5, 5.41) is 8.74. The molecule has 108 valence electrons. The lowest BCUT2D eigenvalue weighted by atomic mass is 10.3. The maximum Gasteiger partial charge on any atom is 0.330 e. The van der Waals surface area contributed by atoms with Gasteiger partial charge >= 0.3 is 5.69 Å². The van der Waals surface area contributed by atoms with Gasteiger partial charge < -0.3 is 9.67 Å². The predicted octanol–water partition coefficient (Wildman–Crippen LogP) is -1.87. The van der Waals surface area contributed by atoms with Gasteiger partial charge in [0.05, 0.1) is 0 Å². The van der Waals surface area contributed by atoms with Crippen LogP contribution in [0.1, 0.15) is 13.3 Å². The van der Waals surface area contributed by atoms with Crippen LogP contribution in [0.4, 0.5) is 0 Å². The lowest BCUT2D eigenvalue weighted by molar-refractivity contribution is 0.275. The number of rotatable bonds is 5. The molecule has 2 N–H and O–H groups in total. The molecule has 0 radical (unpaired) electrons. The first kappa shape index (κ1) is 15.6. The van der Waals surface area contributed by atoms with Gasteiger partial charge in [0.15, 0.2) is 4.90 Å². The van der Waals surface area contributed by atoms with Gasteiger partial charge in [0.2, 0.25) is 10.0 Å². The summed E-state index contributed by atoms with van der Waals surface area (Å²) in [5.41, 5.74) is -1.49. The van der Waals surface area contributed by atoms with E-state index in [1.165, 1.54) is 14.1 Å². The van der Waals surface area contributed by atoms with Crippen LogP contribution in [0.2, 0.25) is 0 Å². The van der Waals surface area contributed by atoms with E-state index >= 15 is 0 Å². The highest BCUT2D eigenvalue weighted by Crippen LogP contribution is 2.02. The first-order valence-corrected chi connectivity index (χ1v) is 7.09. The van der Waals surface area contributed by atoms with E-state index in [4.69, 9.17) is 5.11 Å². The lowest BCUT2D eigenvalue weighted by Crippen LogP contribution is -2.43. The predicted molar refractivity (Wildman–Crippen MR) is 68.4 cm³/mol. The molecule has 0 aliphatic rings. The number of aromatic nitrogens is 2. The standard InChI is InChI=1S/C10H17N3O5S/c1-7(4-5-14)11-19(17,18)8-6-12(2)10(16)13(3)9(8)15/h6-7,11,14H,4-5H2,1-3H3. The van der Waals surface area contributed by atoms with Gasteiger partial charge in [-0.2, -0.15) is 0 Å². The van der Waals surface area contributed by atoms with Crippen LogP contribution in [-0.2, 0) is 24.1 Å². The van der Waals surface area contributed by atoms with Gasteiger partial charge in [0.25, 0.3) is 5.56 Å². The molecule has 9 heteroatoms. The molecule has 0 fully saturated rings. The summed E-state index contributed by atoms with van der Waals surface area (Å²) < 4.78 is 28.1. The zero-order chi connectivity index (χ0) is 14.8. The molecule has 0 amide bonds. The van der Waals surface area contributed by atoms with Gasteiger partial charge in [-0.25, -0.2) is 17.9 Å². The second-order valence-corrected chi connectivity index (χ2v) is 5.97. The third-order valence-electron chi connectivity index (χ3n) is 2.62. The van der Waals surface area contributed by atoms with Crippen LogP contribution in [0.3, 0.4) is 0 Å². The number of hydrogen-bond acceptors (Lipinski definition) is 5. The van der Waals surface area contributed by atoms with Crippen molar-refractivity contribution in [2.75, 3.05) is 6.61 Å². The third-order valence-corrected chi connectivity index (χ3v) is 4.19. The Morgan fingerprint density at radius 3 is 2.47 bits per heavy atom. The average molecular weight is 291 g/mol. The molecule has 0 saturated heterocycles. The SMILES string of the molecule is CC(CCO)NS(=O)(=O)c1cn(C)c(=O)n(C)c1=O. The van der Waals surface area contributed by atoms with Crippen molar-refractivity contribution in [3.05, 3.63) is 27.0 Å². The summed E-state index contributed by atoms with van der Waals surface area (Å²) in [6, 6.07) is -0.517. The number of aryl methyl sites for hydroxylation is 1. The van der Waals surface area contributed by atoms with E-state index in [1.54, 1.807) is 6.92 Å². The molecule has 0 aromatic carbocycles. The Morgan fingerprint density at radius 2 is 1.95 bits per heavy atom. The monoisotopic (exact) mass is 291 g/mol. The molecule has 1 unspecified atom stereocenters. The maximum absolute atomic E-state index is 12.0. The quantitative estimate of drug-likeness (QED) is 0.660. The van der Waals surface area contributed by atoms with Crippen molar-refractivity contribution in [3.8, 4) is 0 Å². The van der Waals surface area contributed by atoms with Gasteiger partial charge in [-0.3, -0.25) is 9.36 Å². The number of aliphatic hydroxyl groups excluding tert-OH is 1. The highest BCUT2D eigenvalue weighted by atomic mass is 32.2. The van der Waals surface area contributed by atoms with E-state index < -0.39 is 32.2 Å². The average Bonchev–Trinajstić information content (AvgIpc) is 2.30. The molecule has 0 aliphatic heterocycles. The summed E-state index contributed by atoms with van der Waals surface area (Å²) in [7, 11) is -1.46. The smallest absolute Gasteiger partial charge is 0.330 e. The van der Waals surface area contributed by atoms with Crippen molar-refractivity contribution in [2.45, 2.75) is 24.3 Å². The topological polar surface area (TPSA) is 110 Å². The minimum absolute atomic E-state index is 0.172. The van der Waals surface area contributed by atoms with Crippen molar-refractivity contribution in [2.24, 2.45) is 14.1 Å². The first-order chi connectivity index (χ1) is 8.70. The first-order valence-electron chi connectivity index (χ1n) is 5.60. The minimum atomic E-state index is -4.03. The van der Waals surface area contributed by atoms with E-state index in [0.29, 0.717) is 0 Å². The molecule has 0 spiro atoms. The van der Waals surface area contributed by atoms with Crippen LogP contribution in [0.25, 0.3) is 0 Å². The highest BCUT2D eigenvalue weighted by molar-refractivity contribution is 7.89. The van der Waals surface area contributed by atoms with E-state index in [0.717, 1.165) is 15.3 Å². The molecule has 1 aromatic heterocycles. The molecule has 8 nitrogen and oxygen atoms in total. The number of nitrogens with one attached hydrogen (secondary N) is 1. The lowest BCUT2D eigenvalue weighted by Gasteiger charge is -2.13. The van der Waals surface area contributed by atoms with Gasteiger partial charge in [-0.05, 0) is 13.3 Å². The summed E-state index contributed by atoms with van der Waals surface area (Å²) in [6.07, 6.45) is 1.21. The van der Waals surface area contributed by atoms with Crippen molar-refractivity contribution < 1.29 is 13.5 Å². The van der Waals surface area contributed by atoms with E-state index in [-0.39, 0.29) is 13.0 Å².